The minimum atomic E-state index is -3.76. The molecule has 27 heavy (non-hydrogen) atoms. The summed E-state index contributed by atoms with van der Waals surface area (Å²) in [4.78, 5) is 12.5. The molecule has 4 N–H and O–H groups in total. The second-order valence-electron chi connectivity index (χ2n) is 6.61. The number of rotatable bonds is 6. The quantitative estimate of drug-likeness (QED) is 0.689. The number of sulfonamides is 1. The highest BCUT2D eigenvalue weighted by Crippen LogP contribution is 2.26. The zero-order valence-electron chi connectivity index (χ0n) is 14.8. The van der Waals surface area contributed by atoms with Gasteiger partial charge in [0.25, 0.3) is 5.91 Å². The fourth-order valence-electron chi connectivity index (χ4n) is 3.19. The van der Waals surface area contributed by atoms with Crippen LogP contribution in [-0.2, 0) is 10.0 Å². The van der Waals surface area contributed by atoms with Gasteiger partial charge in [0.05, 0.1) is 4.90 Å². The lowest BCUT2D eigenvalue weighted by molar-refractivity contribution is 0.102. The van der Waals surface area contributed by atoms with Crippen molar-refractivity contribution in [3.8, 4) is 0 Å². The molecule has 0 spiro atoms. The van der Waals surface area contributed by atoms with Crippen LogP contribution >= 0.6 is 0 Å². The monoisotopic (exact) mass is 389 g/mol. The number of carbonyl (C=O) groups excluding carboxylic acids is 1. The average molecular weight is 389 g/mol. The maximum Gasteiger partial charge on any atom is 0.255 e. The van der Waals surface area contributed by atoms with Gasteiger partial charge in [-0.25, -0.2) is 8.42 Å². The summed E-state index contributed by atoms with van der Waals surface area (Å²) in [6.45, 7) is 0.444. The van der Waals surface area contributed by atoms with Gasteiger partial charge >= 0.3 is 0 Å². The van der Waals surface area contributed by atoms with Crippen LogP contribution in [0.25, 0.3) is 0 Å². The first-order chi connectivity index (χ1) is 12.9. The Balaban J connectivity index is 1.79. The molecule has 8 heteroatoms. The number of anilines is 1. The topological polar surface area (TPSA) is 113 Å². The fourth-order valence-corrected chi connectivity index (χ4v) is 4.78. The molecule has 1 amide bonds. The van der Waals surface area contributed by atoms with Crippen LogP contribution in [0, 0.1) is 5.92 Å². The smallest absolute Gasteiger partial charge is 0.255 e. The molecule has 0 unspecified atom stereocenters. The summed E-state index contributed by atoms with van der Waals surface area (Å²) in [5, 5.41) is 11.8. The Morgan fingerprint density at radius 2 is 1.89 bits per heavy atom. The van der Waals surface area contributed by atoms with E-state index in [1.54, 1.807) is 36.4 Å². The normalized spacial score (nSPS) is 20.5. The highest BCUT2D eigenvalue weighted by molar-refractivity contribution is 7.89. The van der Waals surface area contributed by atoms with Crippen molar-refractivity contribution in [2.75, 3.05) is 25.0 Å². The van der Waals surface area contributed by atoms with E-state index < -0.39 is 10.0 Å². The van der Waals surface area contributed by atoms with Gasteiger partial charge in [0.2, 0.25) is 10.0 Å². The van der Waals surface area contributed by atoms with Crippen molar-refractivity contribution in [1.82, 2.24) is 4.31 Å². The molecule has 0 aliphatic carbocycles. The van der Waals surface area contributed by atoms with Crippen molar-refractivity contribution in [3.63, 3.8) is 0 Å². The van der Waals surface area contributed by atoms with E-state index in [-0.39, 0.29) is 48.0 Å². The number of nitrogens with two attached hydrogens (primary N) is 1. The molecule has 0 aromatic heterocycles. The molecule has 0 bridgehead atoms. The van der Waals surface area contributed by atoms with Crippen LogP contribution in [0.3, 0.4) is 0 Å². The van der Waals surface area contributed by atoms with Gasteiger partial charge in [-0.05, 0) is 42.7 Å². The SMILES string of the molecule is N[C@H]1CN(S(=O)(=O)c2cccc(C(=O)Nc3ccccc3)c2)C[C@@H]1CCO. The van der Waals surface area contributed by atoms with Gasteiger partial charge in [-0.15, -0.1) is 0 Å². The van der Waals surface area contributed by atoms with Gasteiger partial charge in [-0.1, -0.05) is 24.3 Å². The van der Waals surface area contributed by atoms with Crippen LogP contribution in [0.4, 0.5) is 5.69 Å². The second kappa shape index (κ2) is 8.18. The summed E-state index contributed by atoms with van der Waals surface area (Å²) in [6, 6.07) is 14.6. The molecular weight excluding hydrogens is 366 g/mol. The van der Waals surface area contributed by atoms with Crippen LogP contribution < -0.4 is 11.1 Å². The number of aliphatic hydroxyl groups is 1. The second-order valence-corrected chi connectivity index (χ2v) is 8.54. The fraction of sp³-hybridized carbons (Fsp3) is 0.316. The molecule has 3 rings (SSSR count). The number of hydrogen-bond donors (Lipinski definition) is 3. The van der Waals surface area contributed by atoms with E-state index >= 15 is 0 Å². The summed E-state index contributed by atoms with van der Waals surface area (Å²) >= 11 is 0. The minimum absolute atomic E-state index is 0.0264. The predicted octanol–water partition coefficient (Wildman–Crippen LogP) is 1.27. The molecule has 0 radical (unpaired) electrons. The predicted molar refractivity (Wildman–Crippen MR) is 103 cm³/mol. The van der Waals surface area contributed by atoms with Crippen molar-refractivity contribution in [1.29, 1.82) is 0 Å². The van der Waals surface area contributed by atoms with Gasteiger partial charge in [0.1, 0.15) is 0 Å². The number of carbonyl (C=O) groups is 1. The van der Waals surface area contributed by atoms with E-state index in [1.807, 2.05) is 6.07 Å². The first kappa shape index (κ1) is 19.5. The molecule has 2 atom stereocenters. The average Bonchev–Trinajstić information content (AvgIpc) is 3.04. The number of para-hydroxylation sites is 1. The Hall–Kier alpha value is -2.26. The van der Waals surface area contributed by atoms with Gasteiger partial charge < -0.3 is 16.2 Å². The molecule has 144 valence electrons. The lowest BCUT2D eigenvalue weighted by Gasteiger charge is -2.17. The number of amides is 1. The largest absolute Gasteiger partial charge is 0.396 e. The zero-order chi connectivity index (χ0) is 19.4. The van der Waals surface area contributed by atoms with E-state index in [9.17, 15) is 13.2 Å². The van der Waals surface area contributed by atoms with Crippen molar-refractivity contribution < 1.29 is 18.3 Å². The van der Waals surface area contributed by atoms with Crippen LogP contribution in [-0.4, -0.2) is 49.5 Å². The number of nitrogens with zero attached hydrogens (tertiary/aromatic N) is 1. The maximum absolute atomic E-state index is 12.9. The maximum atomic E-state index is 12.9. The lowest BCUT2D eigenvalue weighted by atomic mass is 10.0. The molecule has 0 saturated carbocycles. The van der Waals surface area contributed by atoms with Gasteiger partial charge in [-0.3, -0.25) is 4.79 Å². The van der Waals surface area contributed by atoms with E-state index in [2.05, 4.69) is 5.32 Å². The zero-order valence-corrected chi connectivity index (χ0v) is 15.6. The third kappa shape index (κ3) is 4.36. The molecule has 1 fully saturated rings. The highest BCUT2D eigenvalue weighted by Gasteiger charge is 2.37. The van der Waals surface area contributed by atoms with E-state index in [4.69, 9.17) is 10.8 Å². The van der Waals surface area contributed by atoms with Crippen LogP contribution in [0.15, 0.2) is 59.5 Å². The van der Waals surface area contributed by atoms with Gasteiger partial charge in [0.15, 0.2) is 0 Å². The number of aliphatic hydroxyl groups excluding tert-OH is 1. The number of hydrogen-bond acceptors (Lipinski definition) is 5. The van der Waals surface area contributed by atoms with Gasteiger partial charge in [0, 0.05) is 37.0 Å². The Bertz CT molecular complexity index is 902. The van der Waals surface area contributed by atoms with Crippen molar-refractivity contribution in [2.45, 2.75) is 17.4 Å². The molecule has 1 heterocycles. The third-order valence-electron chi connectivity index (χ3n) is 4.72. The Morgan fingerprint density at radius 3 is 2.59 bits per heavy atom. The van der Waals surface area contributed by atoms with Gasteiger partial charge in [-0.2, -0.15) is 4.31 Å². The van der Waals surface area contributed by atoms with Crippen LogP contribution in [0.1, 0.15) is 16.8 Å². The Morgan fingerprint density at radius 1 is 1.15 bits per heavy atom. The van der Waals surface area contributed by atoms with E-state index in [0.29, 0.717) is 12.1 Å². The standard InChI is InChI=1S/C19H23N3O4S/c20-18-13-22(12-15(18)9-10-23)27(25,26)17-8-4-5-14(11-17)19(24)21-16-6-2-1-3-7-16/h1-8,11,15,18,23H,9-10,12-13,20H2,(H,21,24)/t15-,18-/m0/s1. The number of nitrogens with one attached hydrogen (secondary N) is 1. The molecule has 2 aromatic carbocycles. The first-order valence-corrected chi connectivity index (χ1v) is 10.2. The van der Waals surface area contributed by atoms with E-state index in [0.717, 1.165) is 0 Å². The summed E-state index contributed by atoms with van der Waals surface area (Å²) in [5.74, 6) is -0.455. The first-order valence-electron chi connectivity index (χ1n) is 8.75. The third-order valence-corrected chi connectivity index (χ3v) is 6.55. The van der Waals surface area contributed by atoms with Crippen molar-refractivity contribution in [2.24, 2.45) is 11.7 Å². The molecule has 1 aliphatic rings. The van der Waals surface area contributed by atoms with Crippen molar-refractivity contribution in [3.05, 3.63) is 60.2 Å². The van der Waals surface area contributed by atoms with Crippen LogP contribution in [0.2, 0.25) is 0 Å². The van der Waals surface area contributed by atoms with E-state index in [1.165, 1.54) is 16.4 Å². The minimum Gasteiger partial charge on any atom is -0.396 e. The Labute approximate surface area is 158 Å². The molecule has 2 aromatic rings. The van der Waals surface area contributed by atoms with Crippen molar-refractivity contribution >= 4 is 21.6 Å². The molecule has 1 saturated heterocycles. The highest BCUT2D eigenvalue weighted by atomic mass is 32.2. The lowest BCUT2D eigenvalue weighted by Crippen LogP contribution is -2.32. The number of benzene rings is 2. The summed E-state index contributed by atoms with van der Waals surface area (Å²) in [5.41, 5.74) is 6.91. The Kier molecular flexibility index (Phi) is 5.91. The van der Waals surface area contributed by atoms with Crippen LogP contribution in [0.5, 0.6) is 0 Å². The molecule has 7 nitrogen and oxygen atoms in total. The summed E-state index contributed by atoms with van der Waals surface area (Å²) in [7, 11) is -3.76. The molecule has 1 aliphatic heterocycles. The summed E-state index contributed by atoms with van der Waals surface area (Å²) < 4.78 is 27.2. The summed E-state index contributed by atoms with van der Waals surface area (Å²) in [6.07, 6.45) is 0.465. The molecular formula is C19H23N3O4S.